The molecular weight excluding hydrogens is 301 g/mol. The van der Waals surface area contributed by atoms with E-state index < -0.39 is 17.3 Å². The van der Waals surface area contributed by atoms with E-state index in [0.717, 1.165) is 12.8 Å². The van der Waals surface area contributed by atoms with Crippen LogP contribution in [0.1, 0.15) is 36.0 Å². The van der Waals surface area contributed by atoms with Crippen molar-refractivity contribution in [2.24, 2.45) is 5.41 Å². The van der Waals surface area contributed by atoms with Crippen LogP contribution in [0.25, 0.3) is 0 Å². The number of aliphatic carboxylic acids is 1. The molecule has 0 spiro atoms. The van der Waals surface area contributed by atoms with Gasteiger partial charge in [-0.25, -0.2) is 0 Å². The minimum Gasteiger partial charge on any atom is -0.481 e. The van der Waals surface area contributed by atoms with E-state index in [1.807, 2.05) is 0 Å². The van der Waals surface area contributed by atoms with Crippen molar-refractivity contribution >= 4 is 35.1 Å². The number of benzene rings is 1. The van der Waals surface area contributed by atoms with Crippen LogP contribution in [0, 0.1) is 5.41 Å². The lowest BCUT2D eigenvalue weighted by Gasteiger charge is -2.24. The van der Waals surface area contributed by atoms with Crippen molar-refractivity contribution in [3.05, 3.63) is 33.8 Å². The number of carboxylic acid groups (broad SMARTS) is 1. The lowest BCUT2D eigenvalue weighted by atomic mass is 9.86. The monoisotopic (exact) mass is 315 g/mol. The van der Waals surface area contributed by atoms with Gasteiger partial charge in [-0.1, -0.05) is 36.0 Å². The van der Waals surface area contributed by atoms with Gasteiger partial charge in [0.05, 0.1) is 16.0 Å². The lowest BCUT2D eigenvalue weighted by molar-refractivity contribution is -0.148. The van der Waals surface area contributed by atoms with E-state index in [1.54, 1.807) is 12.1 Å². The fourth-order valence-corrected chi connectivity index (χ4v) is 2.91. The second-order valence-corrected chi connectivity index (χ2v) is 5.94. The second kappa shape index (κ2) is 6.02. The molecule has 2 rings (SSSR count). The van der Waals surface area contributed by atoms with Gasteiger partial charge in [-0.2, -0.15) is 0 Å². The molecule has 108 valence electrons. The van der Waals surface area contributed by atoms with Crippen molar-refractivity contribution < 1.29 is 14.7 Å². The minimum atomic E-state index is -0.854. The number of carbonyl (C=O) groups excluding carboxylic acids is 1. The molecule has 1 fully saturated rings. The van der Waals surface area contributed by atoms with Gasteiger partial charge in [0.2, 0.25) is 0 Å². The maximum Gasteiger partial charge on any atom is 0.311 e. The Labute approximate surface area is 127 Å². The fraction of sp³-hybridized carbons (Fsp3) is 0.429. The molecule has 0 aliphatic heterocycles. The Kier molecular flexibility index (Phi) is 4.55. The Morgan fingerprint density at radius 1 is 1.25 bits per heavy atom. The van der Waals surface area contributed by atoms with Gasteiger partial charge in [0, 0.05) is 11.6 Å². The van der Waals surface area contributed by atoms with Crippen LogP contribution < -0.4 is 5.32 Å². The molecule has 0 unspecified atom stereocenters. The van der Waals surface area contributed by atoms with E-state index in [2.05, 4.69) is 5.32 Å². The topological polar surface area (TPSA) is 66.4 Å². The van der Waals surface area contributed by atoms with Gasteiger partial charge < -0.3 is 10.4 Å². The Balaban J connectivity index is 2.08. The first-order chi connectivity index (χ1) is 9.44. The first-order valence-electron chi connectivity index (χ1n) is 6.41. The normalized spacial score (nSPS) is 16.9. The summed E-state index contributed by atoms with van der Waals surface area (Å²) in [6.45, 7) is 0.115. The number of halogens is 2. The summed E-state index contributed by atoms with van der Waals surface area (Å²) < 4.78 is 0. The number of carboxylic acids is 1. The third-order valence-electron chi connectivity index (χ3n) is 3.77. The number of hydrogen-bond donors (Lipinski definition) is 2. The molecule has 1 aliphatic rings. The number of hydrogen-bond acceptors (Lipinski definition) is 2. The highest BCUT2D eigenvalue weighted by Gasteiger charge is 2.41. The predicted octanol–water partition coefficient (Wildman–Crippen LogP) is 3.37. The van der Waals surface area contributed by atoms with Crippen molar-refractivity contribution in [2.75, 3.05) is 6.54 Å². The van der Waals surface area contributed by atoms with Crippen LogP contribution in [0.3, 0.4) is 0 Å². The zero-order valence-electron chi connectivity index (χ0n) is 10.8. The summed E-state index contributed by atoms with van der Waals surface area (Å²) >= 11 is 11.8. The van der Waals surface area contributed by atoms with E-state index in [1.165, 1.54) is 6.07 Å². The molecule has 20 heavy (non-hydrogen) atoms. The zero-order valence-corrected chi connectivity index (χ0v) is 12.3. The highest BCUT2D eigenvalue weighted by atomic mass is 35.5. The summed E-state index contributed by atoms with van der Waals surface area (Å²) in [6, 6.07) is 4.61. The minimum absolute atomic E-state index is 0.115. The SMILES string of the molecule is O=C(NCC1(C(=O)O)CCCC1)c1cc(Cl)ccc1Cl. The summed E-state index contributed by atoms with van der Waals surface area (Å²) in [6.07, 6.45) is 2.93. The lowest BCUT2D eigenvalue weighted by Crippen LogP contribution is -2.41. The average Bonchev–Trinajstić information content (AvgIpc) is 2.89. The van der Waals surface area contributed by atoms with Gasteiger partial charge in [0.1, 0.15) is 0 Å². The molecule has 0 saturated heterocycles. The van der Waals surface area contributed by atoms with Gasteiger partial charge in [0.25, 0.3) is 5.91 Å². The molecule has 1 saturated carbocycles. The maximum atomic E-state index is 12.1. The van der Waals surface area contributed by atoms with E-state index in [0.29, 0.717) is 22.9 Å². The average molecular weight is 316 g/mol. The van der Waals surface area contributed by atoms with Crippen molar-refractivity contribution in [2.45, 2.75) is 25.7 Å². The van der Waals surface area contributed by atoms with E-state index in [9.17, 15) is 14.7 Å². The molecule has 0 heterocycles. The molecule has 1 aromatic rings. The molecule has 0 atom stereocenters. The number of nitrogens with one attached hydrogen (secondary N) is 1. The molecule has 2 N–H and O–H groups in total. The number of rotatable bonds is 4. The van der Waals surface area contributed by atoms with E-state index >= 15 is 0 Å². The first kappa shape index (κ1) is 15.1. The molecular formula is C14H15Cl2NO3. The quantitative estimate of drug-likeness (QED) is 0.895. The van der Waals surface area contributed by atoms with Crippen molar-refractivity contribution in [1.29, 1.82) is 0 Å². The van der Waals surface area contributed by atoms with Gasteiger partial charge in [0.15, 0.2) is 0 Å². The van der Waals surface area contributed by atoms with Crippen molar-refractivity contribution in [3.63, 3.8) is 0 Å². The van der Waals surface area contributed by atoms with E-state index in [-0.39, 0.29) is 12.1 Å². The smallest absolute Gasteiger partial charge is 0.311 e. The predicted molar refractivity (Wildman–Crippen MR) is 77.3 cm³/mol. The molecule has 4 nitrogen and oxygen atoms in total. The summed E-state index contributed by atoms with van der Waals surface area (Å²) in [7, 11) is 0. The summed E-state index contributed by atoms with van der Waals surface area (Å²) in [5.74, 6) is -1.25. The van der Waals surface area contributed by atoms with Crippen molar-refractivity contribution in [1.82, 2.24) is 5.32 Å². The van der Waals surface area contributed by atoms with Gasteiger partial charge in [-0.05, 0) is 31.0 Å². The van der Waals surface area contributed by atoms with Crippen LogP contribution in [-0.4, -0.2) is 23.5 Å². The second-order valence-electron chi connectivity index (χ2n) is 5.10. The van der Waals surface area contributed by atoms with Gasteiger partial charge in [-0.15, -0.1) is 0 Å². The first-order valence-corrected chi connectivity index (χ1v) is 7.17. The summed E-state index contributed by atoms with van der Waals surface area (Å²) in [4.78, 5) is 23.5. The summed E-state index contributed by atoms with van der Waals surface area (Å²) in [5.41, 5.74) is -0.585. The third-order valence-corrected chi connectivity index (χ3v) is 4.34. The number of carbonyl (C=O) groups is 2. The zero-order chi connectivity index (χ0) is 14.8. The van der Waals surface area contributed by atoms with Gasteiger partial charge in [-0.3, -0.25) is 9.59 Å². The van der Waals surface area contributed by atoms with Crippen LogP contribution in [-0.2, 0) is 4.79 Å². The molecule has 1 aromatic carbocycles. The molecule has 0 bridgehead atoms. The van der Waals surface area contributed by atoms with E-state index in [4.69, 9.17) is 23.2 Å². The van der Waals surface area contributed by atoms with Crippen LogP contribution in [0.15, 0.2) is 18.2 Å². The third kappa shape index (κ3) is 3.07. The van der Waals surface area contributed by atoms with Crippen LogP contribution in [0.5, 0.6) is 0 Å². The maximum absolute atomic E-state index is 12.1. The Hall–Kier alpha value is -1.26. The highest BCUT2D eigenvalue weighted by Crippen LogP contribution is 2.37. The Morgan fingerprint density at radius 2 is 1.90 bits per heavy atom. The number of amides is 1. The van der Waals surface area contributed by atoms with Gasteiger partial charge >= 0.3 is 5.97 Å². The summed E-state index contributed by atoms with van der Waals surface area (Å²) in [5, 5.41) is 12.7. The Bertz CT molecular complexity index is 539. The highest BCUT2D eigenvalue weighted by molar-refractivity contribution is 6.35. The van der Waals surface area contributed by atoms with Crippen LogP contribution in [0.4, 0.5) is 0 Å². The fourth-order valence-electron chi connectivity index (χ4n) is 2.53. The largest absolute Gasteiger partial charge is 0.481 e. The molecule has 1 amide bonds. The standard InChI is InChI=1S/C14H15Cl2NO3/c15-9-3-4-11(16)10(7-9)12(18)17-8-14(13(19)20)5-1-2-6-14/h3-4,7H,1-2,5-6,8H2,(H,17,18)(H,19,20). The Morgan fingerprint density at radius 3 is 2.50 bits per heavy atom. The molecule has 6 heteroatoms. The molecule has 0 radical (unpaired) electrons. The van der Waals surface area contributed by atoms with Crippen LogP contribution in [0.2, 0.25) is 10.0 Å². The molecule has 0 aromatic heterocycles. The molecule has 1 aliphatic carbocycles. The van der Waals surface area contributed by atoms with Crippen LogP contribution >= 0.6 is 23.2 Å². The van der Waals surface area contributed by atoms with Crippen molar-refractivity contribution in [3.8, 4) is 0 Å².